The Morgan fingerprint density at radius 2 is 1.89 bits per heavy atom. The third-order valence-electron chi connectivity index (χ3n) is 4.23. The number of aromatic nitrogens is 3. The molecule has 28 heavy (non-hydrogen) atoms. The maximum atomic E-state index is 13.3. The molecule has 0 fully saturated rings. The number of nitrogens with zero attached hydrogens (tertiary/aromatic N) is 3. The second-order valence-corrected chi connectivity index (χ2v) is 6.89. The molecule has 0 atom stereocenters. The molecule has 0 spiro atoms. The zero-order chi connectivity index (χ0) is 19.8. The molecule has 0 aliphatic carbocycles. The summed E-state index contributed by atoms with van der Waals surface area (Å²) in [4.78, 5) is 17.1. The van der Waals surface area contributed by atoms with Gasteiger partial charge in [-0.15, -0.1) is 0 Å². The Labute approximate surface area is 169 Å². The third kappa shape index (κ3) is 3.21. The maximum Gasteiger partial charge on any atom is 0.258 e. The van der Waals surface area contributed by atoms with Crippen LogP contribution in [0.25, 0.3) is 16.7 Å². The molecule has 2 aromatic carbocycles. The van der Waals surface area contributed by atoms with E-state index in [1.54, 1.807) is 11.6 Å². The van der Waals surface area contributed by atoms with E-state index in [1.807, 2.05) is 30.3 Å². The van der Waals surface area contributed by atoms with E-state index in [9.17, 15) is 9.18 Å². The first-order valence-electron chi connectivity index (χ1n) is 8.31. The number of amides is 1. The highest BCUT2D eigenvalue weighted by Crippen LogP contribution is 2.30. The monoisotopic (exact) mass is 414 g/mol. The van der Waals surface area contributed by atoms with Gasteiger partial charge in [0.15, 0.2) is 5.65 Å². The van der Waals surface area contributed by atoms with E-state index in [1.165, 1.54) is 24.4 Å². The highest BCUT2D eigenvalue weighted by molar-refractivity contribution is 6.39. The summed E-state index contributed by atoms with van der Waals surface area (Å²) in [6.45, 7) is 1.80. The largest absolute Gasteiger partial charge is 0.322 e. The van der Waals surface area contributed by atoms with E-state index in [0.717, 1.165) is 5.69 Å². The van der Waals surface area contributed by atoms with Crippen LogP contribution in [0.15, 0.2) is 54.7 Å². The van der Waals surface area contributed by atoms with Crippen molar-refractivity contribution in [3.63, 3.8) is 0 Å². The lowest BCUT2D eigenvalue weighted by Gasteiger charge is -2.08. The van der Waals surface area contributed by atoms with E-state index >= 15 is 0 Å². The van der Waals surface area contributed by atoms with E-state index < -0.39 is 11.7 Å². The molecule has 5 nitrogen and oxygen atoms in total. The molecule has 0 saturated carbocycles. The van der Waals surface area contributed by atoms with Gasteiger partial charge in [-0.05, 0) is 37.3 Å². The van der Waals surface area contributed by atoms with Gasteiger partial charge in [0.2, 0.25) is 0 Å². The predicted octanol–water partition coefficient (Wildman–Crippen LogP) is 5.43. The Bertz CT molecular complexity index is 1210. The highest BCUT2D eigenvalue weighted by Gasteiger charge is 2.20. The number of nitrogens with one attached hydrogen (secondary N) is 1. The van der Waals surface area contributed by atoms with Crippen molar-refractivity contribution in [3.05, 3.63) is 81.8 Å². The summed E-state index contributed by atoms with van der Waals surface area (Å²) in [7, 11) is 0. The van der Waals surface area contributed by atoms with Crippen molar-refractivity contribution in [3.8, 4) is 5.69 Å². The number of pyridine rings is 1. The second-order valence-electron chi connectivity index (χ2n) is 6.10. The Kier molecular flexibility index (Phi) is 4.75. The molecule has 0 aliphatic rings. The summed E-state index contributed by atoms with van der Waals surface area (Å²) >= 11 is 12.3. The van der Waals surface area contributed by atoms with Crippen molar-refractivity contribution in [1.82, 2.24) is 14.8 Å². The van der Waals surface area contributed by atoms with Gasteiger partial charge in [0, 0.05) is 11.9 Å². The molecule has 140 valence electrons. The van der Waals surface area contributed by atoms with Crippen LogP contribution in [0.4, 0.5) is 10.1 Å². The van der Waals surface area contributed by atoms with Gasteiger partial charge in [-0.25, -0.2) is 14.1 Å². The molecule has 0 aliphatic heterocycles. The van der Waals surface area contributed by atoms with Gasteiger partial charge in [-0.1, -0.05) is 41.4 Å². The summed E-state index contributed by atoms with van der Waals surface area (Å²) in [6, 6.07) is 13.4. The number of rotatable bonds is 3. The molecule has 4 rings (SSSR count). The van der Waals surface area contributed by atoms with Gasteiger partial charge in [-0.3, -0.25) is 4.79 Å². The summed E-state index contributed by atoms with van der Waals surface area (Å²) in [6.07, 6.45) is 1.39. The van der Waals surface area contributed by atoms with Gasteiger partial charge < -0.3 is 5.32 Å². The molecular formula is C20H13Cl2FN4O. The van der Waals surface area contributed by atoms with Crippen molar-refractivity contribution in [2.24, 2.45) is 0 Å². The molecule has 2 heterocycles. The third-order valence-corrected chi connectivity index (χ3v) is 4.91. The average Bonchev–Trinajstić information content (AvgIpc) is 3.03. The van der Waals surface area contributed by atoms with Crippen molar-refractivity contribution < 1.29 is 9.18 Å². The first kappa shape index (κ1) is 18.4. The number of carbonyl (C=O) groups is 1. The summed E-state index contributed by atoms with van der Waals surface area (Å²) in [5, 5.41) is 7.91. The van der Waals surface area contributed by atoms with E-state index in [-0.39, 0.29) is 15.6 Å². The number of halogens is 3. The first-order chi connectivity index (χ1) is 13.5. The lowest BCUT2D eigenvalue weighted by atomic mass is 10.2. The van der Waals surface area contributed by atoms with E-state index in [4.69, 9.17) is 23.2 Å². The molecular weight excluding hydrogens is 402 g/mol. The van der Waals surface area contributed by atoms with Gasteiger partial charge in [0.25, 0.3) is 5.91 Å². The Morgan fingerprint density at radius 1 is 1.14 bits per heavy atom. The molecule has 2 aromatic heterocycles. The van der Waals surface area contributed by atoms with E-state index in [2.05, 4.69) is 15.4 Å². The number of carbonyl (C=O) groups excluding carboxylic acids is 1. The smallest absolute Gasteiger partial charge is 0.258 e. The van der Waals surface area contributed by atoms with Crippen molar-refractivity contribution in [2.75, 3.05) is 5.32 Å². The number of hydrogen-bond donors (Lipinski definition) is 1. The molecule has 8 heteroatoms. The minimum Gasteiger partial charge on any atom is -0.322 e. The Hall–Kier alpha value is -2.96. The second kappa shape index (κ2) is 7.22. The number of fused-ring (bicyclic) bond motifs is 1. The van der Waals surface area contributed by atoms with Crippen LogP contribution >= 0.6 is 23.2 Å². The van der Waals surface area contributed by atoms with Crippen LogP contribution in [0, 0.1) is 12.7 Å². The van der Waals surface area contributed by atoms with Crippen LogP contribution in [-0.2, 0) is 0 Å². The fourth-order valence-electron chi connectivity index (χ4n) is 2.89. The summed E-state index contributed by atoms with van der Waals surface area (Å²) in [5.74, 6) is -1.04. The zero-order valence-electron chi connectivity index (χ0n) is 14.6. The standard InChI is InChI=1S/C20H13Cl2FN4O/c1-11-17-18(22)14(20(28)25-12-7-8-16(23)15(21)9-12)10-24-19(17)27(26-11)13-5-3-2-4-6-13/h2-10H,1H3,(H,25,28). The summed E-state index contributed by atoms with van der Waals surface area (Å²) in [5.41, 5.74) is 2.57. The lowest BCUT2D eigenvalue weighted by molar-refractivity contribution is 0.102. The Morgan fingerprint density at radius 3 is 2.61 bits per heavy atom. The number of aryl methyl sites for hydroxylation is 1. The van der Waals surface area contributed by atoms with Crippen molar-refractivity contribution in [2.45, 2.75) is 6.92 Å². The van der Waals surface area contributed by atoms with Crippen molar-refractivity contribution in [1.29, 1.82) is 0 Å². The fourth-order valence-corrected chi connectivity index (χ4v) is 3.42. The minimum atomic E-state index is -0.565. The van der Waals surface area contributed by atoms with Gasteiger partial charge in [-0.2, -0.15) is 5.10 Å². The Balaban J connectivity index is 1.75. The molecule has 0 radical (unpaired) electrons. The highest BCUT2D eigenvalue weighted by atomic mass is 35.5. The molecule has 1 amide bonds. The number of anilines is 1. The zero-order valence-corrected chi connectivity index (χ0v) is 16.1. The molecule has 4 aromatic rings. The molecule has 0 bridgehead atoms. The number of benzene rings is 2. The van der Waals surface area contributed by atoms with Crippen LogP contribution in [0.5, 0.6) is 0 Å². The topological polar surface area (TPSA) is 59.8 Å². The van der Waals surface area contributed by atoms with Gasteiger partial charge >= 0.3 is 0 Å². The van der Waals surface area contributed by atoms with Crippen LogP contribution in [0.3, 0.4) is 0 Å². The molecule has 0 saturated heterocycles. The van der Waals surface area contributed by atoms with Crippen LogP contribution in [0.2, 0.25) is 10.0 Å². The van der Waals surface area contributed by atoms with Crippen LogP contribution in [-0.4, -0.2) is 20.7 Å². The summed E-state index contributed by atoms with van der Waals surface area (Å²) < 4.78 is 15.0. The predicted molar refractivity (Wildman–Crippen MR) is 108 cm³/mol. The normalized spacial score (nSPS) is 11.0. The number of hydrogen-bond acceptors (Lipinski definition) is 3. The lowest BCUT2D eigenvalue weighted by Crippen LogP contribution is -2.13. The van der Waals surface area contributed by atoms with Crippen LogP contribution in [0.1, 0.15) is 16.1 Å². The van der Waals surface area contributed by atoms with Crippen LogP contribution < -0.4 is 5.32 Å². The minimum absolute atomic E-state index is 0.0857. The maximum absolute atomic E-state index is 13.3. The van der Waals surface area contributed by atoms with Gasteiger partial charge in [0.1, 0.15) is 5.82 Å². The fraction of sp³-hybridized carbons (Fsp3) is 0.0500. The SMILES string of the molecule is Cc1nn(-c2ccccc2)c2ncc(C(=O)Nc3ccc(F)c(Cl)c3)c(Cl)c12. The average molecular weight is 415 g/mol. The first-order valence-corrected chi connectivity index (χ1v) is 9.07. The van der Waals surface area contributed by atoms with Gasteiger partial charge in [0.05, 0.1) is 32.4 Å². The number of para-hydroxylation sites is 1. The quantitative estimate of drug-likeness (QED) is 0.486. The van der Waals surface area contributed by atoms with Crippen molar-refractivity contribution >= 4 is 45.8 Å². The molecule has 1 N–H and O–H groups in total. The van der Waals surface area contributed by atoms with E-state index in [0.29, 0.717) is 22.4 Å². The molecule has 0 unspecified atom stereocenters.